The number of rotatable bonds is 7. The summed E-state index contributed by atoms with van der Waals surface area (Å²) in [4.78, 5) is 21.2. The summed E-state index contributed by atoms with van der Waals surface area (Å²) < 4.78 is 2.28. The molecule has 6 heteroatoms. The van der Waals surface area contributed by atoms with Crippen molar-refractivity contribution in [2.24, 2.45) is 4.99 Å². The second kappa shape index (κ2) is 11.6. The van der Waals surface area contributed by atoms with Gasteiger partial charge in [0.15, 0.2) is 5.17 Å². The van der Waals surface area contributed by atoms with E-state index in [2.05, 4.69) is 41.8 Å². The predicted molar refractivity (Wildman–Crippen MR) is 168 cm³/mol. The Morgan fingerprint density at radius 3 is 2.30 bits per heavy atom. The molecule has 0 unspecified atom stereocenters. The van der Waals surface area contributed by atoms with Gasteiger partial charge in [0.05, 0.1) is 10.6 Å². The van der Waals surface area contributed by atoms with Crippen molar-refractivity contribution in [1.82, 2.24) is 9.47 Å². The van der Waals surface area contributed by atoms with Gasteiger partial charge in [-0.15, -0.1) is 0 Å². The lowest BCUT2D eigenvalue weighted by Gasteiger charge is -2.15. The van der Waals surface area contributed by atoms with Crippen molar-refractivity contribution >= 4 is 57.1 Å². The SMILES string of the molecule is Cc1c(/C=C2/SC(=Nc3ccccc3)N(CCc3ccccc3)C2=O)c2ccccc2n1Cc1ccccc1Cl. The third-order valence-corrected chi connectivity index (χ3v) is 8.55. The van der Waals surface area contributed by atoms with Crippen molar-refractivity contribution in [2.45, 2.75) is 19.9 Å². The topological polar surface area (TPSA) is 37.6 Å². The number of fused-ring (bicyclic) bond motifs is 1. The summed E-state index contributed by atoms with van der Waals surface area (Å²) in [5.74, 6) is -0.0158. The van der Waals surface area contributed by atoms with Crippen molar-refractivity contribution in [3.63, 3.8) is 0 Å². The van der Waals surface area contributed by atoms with Crippen molar-refractivity contribution < 1.29 is 4.79 Å². The van der Waals surface area contributed by atoms with E-state index < -0.39 is 0 Å². The number of hydrogen-bond donors (Lipinski definition) is 0. The molecule has 0 aliphatic carbocycles. The second-order valence-corrected chi connectivity index (χ2v) is 11.1. The van der Waals surface area contributed by atoms with E-state index in [0.29, 0.717) is 23.2 Å². The molecule has 1 aliphatic heterocycles. The Balaban J connectivity index is 1.39. The number of hydrogen-bond acceptors (Lipinski definition) is 3. The zero-order chi connectivity index (χ0) is 27.5. The van der Waals surface area contributed by atoms with Gasteiger partial charge in [-0.05, 0) is 66.6 Å². The number of para-hydroxylation sites is 2. The van der Waals surface area contributed by atoms with E-state index in [1.807, 2.05) is 89.8 Å². The molecule has 0 bridgehead atoms. The fraction of sp³-hybridized carbons (Fsp3) is 0.118. The Hall–Kier alpha value is -4.06. The lowest BCUT2D eigenvalue weighted by atomic mass is 10.1. The van der Waals surface area contributed by atoms with Crippen LogP contribution in [0.2, 0.25) is 5.02 Å². The smallest absolute Gasteiger partial charge is 0.266 e. The van der Waals surface area contributed by atoms with E-state index in [-0.39, 0.29) is 5.91 Å². The summed E-state index contributed by atoms with van der Waals surface area (Å²) in [6.45, 7) is 3.33. The van der Waals surface area contributed by atoms with Gasteiger partial charge in [-0.2, -0.15) is 0 Å². The maximum atomic E-state index is 13.9. The zero-order valence-corrected chi connectivity index (χ0v) is 23.7. The molecular formula is C34H28ClN3OS. The van der Waals surface area contributed by atoms with Gasteiger partial charge in [0.25, 0.3) is 5.91 Å². The van der Waals surface area contributed by atoms with Crippen LogP contribution in [0.3, 0.4) is 0 Å². The van der Waals surface area contributed by atoms with E-state index in [9.17, 15) is 4.79 Å². The number of thioether (sulfide) groups is 1. The summed E-state index contributed by atoms with van der Waals surface area (Å²) in [6, 6.07) is 36.3. The molecule has 1 fully saturated rings. The van der Waals surface area contributed by atoms with Gasteiger partial charge in [0.2, 0.25) is 0 Å². The van der Waals surface area contributed by atoms with Crippen LogP contribution in [0, 0.1) is 6.92 Å². The Morgan fingerprint density at radius 2 is 1.52 bits per heavy atom. The predicted octanol–water partition coefficient (Wildman–Crippen LogP) is 8.50. The number of nitrogens with zero attached hydrogens (tertiary/aromatic N) is 3. The largest absolute Gasteiger partial charge is 0.340 e. The van der Waals surface area contributed by atoms with E-state index in [1.165, 1.54) is 17.3 Å². The quantitative estimate of drug-likeness (QED) is 0.187. The Kier molecular flexibility index (Phi) is 7.58. The van der Waals surface area contributed by atoms with Crippen molar-refractivity contribution in [3.8, 4) is 0 Å². The summed E-state index contributed by atoms with van der Waals surface area (Å²) in [7, 11) is 0. The van der Waals surface area contributed by atoms with E-state index in [4.69, 9.17) is 16.6 Å². The fourth-order valence-electron chi connectivity index (χ4n) is 5.06. The molecule has 0 N–H and O–H groups in total. The minimum Gasteiger partial charge on any atom is -0.340 e. The Morgan fingerprint density at radius 1 is 0.850 bits per heavy atom. The van der Waals surface area contributed by atoms with Crippen LogP contribution in [0.1, 0.15) is 22.4 Å². The van der Waals surface area contributed by atoms with Crippen LogP contribution in [-0.2, 0) is 17.8 Å². The standard InChI is InChI=1S/C34H28ClN3OS/c1-24-29(28-17-9-11-19-31(28)38(24)23-26-14-8-10-18-30(26)35)22-32-33(39)37(21-20-25-12-4-2-5-13-25)34(40-32)36-27-15-6-3-7-16-27/h2-19,22H,20-21,23H2,1H3/b32-22+,36-34?. The number of amides is 1. The van der Waals surface area contributed by atoms with Gasteiger partial charge in [0.1, 0.15) is 0 Å². The van der Waals surface area contributed by atoms with Crippen molar-refractivity contribution in [1.29, 1.82) is 0 Å². The molecule has 1 amide bonds. The first-order valence-electron chi connectivity index (χ1n) is 13.3. The third-order valence-electron chi connectivity index (χ3n) is 7.18. The van der Waals surface area contributed by atoms with E-state index in [1.54, 1.807) is 0 Å². The van der Waals surface area contributed by atoms with Crippen molar-refractivity contribution in [2.75, 3.05) is 6.54 Å². The van der Waals surface area contributed by atoms with Crippen LogP contribution in [0.5, 0.6) is 0 Å². The number of carbonyl (C=O) groups excluding carboxylic acids is 1. The molecule has 0 spiro atoms. The zero-order valence-electron chi connectivity index (χ0n) is 22.1. The highest BCUT2D eigenvalue weighted by Gasteiger charge is 2.33. The minimum absolute atomic E-state index is 0.0158. The highest BCUT2D eigenvalue weighted by molar-refractivity contribution is 8.18. The Bertz CT molecular complexity index is 1740. The van der Waals surface area contributed by atoms with Crippen LogP contribution >= 0.6 is 23.4 Å². The van der Waals surface area contributed by atoms with Crippen LogP contribution in [0.4, 0.5) is 5.69 Å². The number of halogens is 1. The first kappa shape index (κ1) is 26.2. The molecule has 4 aromatic carbocycles. The third kappa shape index (κ3) is 5.35. The molecule has 0 radical (unpaired) electrons. The first-order chi connectivity index (χ1) is 19.6. The average Bonchev–Trinajstić information content (AvgIpc) is 3.42. The molecular weight excluding hydrogens is 534 g/mol. The number of aliphatic imine (C=N–C) groups is 1. The van der Waals surface area contributed by atoms with Gasteiger partial charge in [-0.3, -0.25) is 9.69 Å². The summed E-state index contributed by atoms with van der Waals surface area (Å²) in [6.07, 6.45) is 2.79. The number of aromatic nitrogens is 1. The van der Waals surface area contributed by atoms with Crippen LogP contribution in [-0.4, -0.2) is 27.1 Å². The molecule has 4 nitrogen and oxygen atoms in total. The van der Waals surface area contributed by atoms with E-state index in [0.717, 1.165) is 44.9 Å². The molecule has 0 saturated carbocycles. The fourth-order valence-corrected chi connectivity index (χ4v) is 6.26. The van der Waals surface area contributed by atoms with Crippen molar-refractivity contribution in [3.05, 3.63) is 142 Å². The van der Waals surface area contributed by atoms with Crippen LogP contribution in [0.15, 0.2) is 119 Å². The summed E-state index contributed by atoms with van der Waals surface area (Å²) >= 11 is 7.96. The highest BCUT2D eigenvalue weighted by atomic mass is 35.5. The maximum Gasteiger partial charge on any atom is 0.266 e. The highest BCUT2D eigenvalue weighted by Crippen LogP contribution is 2.37. The molecule has 1 saturated heterocycles. The lowest BCUT2D eigenvalue weighted by Crippen LogP contribution is -2.31. The van der Waals surface area contributed by atoms with Crippen LogP contribution < -0.4 is 0 Å². The van der Waals surface area contributed by atoms with E-state index >= 15 is 0 Å². The maximum absolute atomic E-state index is 13.9. The average molecular weight is 562 g/mol. The summed E-state index contributed by atoms with van der Waals surface area (Å²) in [5, 5.41) is 2.56. The van der Waals surface area contributed by atoms with Crippen LogP contribution in [0.25, 0.3) is 17.0 Å². The molecule has 40 heavy (non-hydrogen) atoms. The van der Waals surface area contributed by atoms with Gasteiger partial charge >= 0.3 is 0 Å². The normalized spacial score (nSPS) is 15.6. The Labute approximate surface area is 243 Å². The van der Waals surface area contributed by atoms with Gasteiger partial charge in [-0.1, -0.05) is 96.5 Å². The summed E-state index contributed by atoms with van der Waals surface area (Å²) in [5.41, 5.74) is 6.32. The molecule has 2 heterocycles. The molecule has 0 atom stereocenters. The minimum atomic E-state index is -0.0158. The van der Waals surface area contributed by atoms with Gasteiger partial charge < -0.3 is 4.57 Å². The van der Waals surface area contributed by atoms with Gasteiger partial charge in [-0.25, -0.2) is 4.99 Å². The first-order valence-corrected chi connectivity index (χ1v) is 14.5. The molecule has 1 aliphatic rings. The number of benzene rings is 4. The monoisotopic (exact) mass is 561 g/mol. The molecule has 6 rings (SSSR count). The lowest BCUT2D eigenvalue weighted by molar-refractivity contribution is -0.122. The van der Waals surface area contributed by atoms with Gasteiger partial charge in [0, 0.05) is 40.3 Å². The molecule has 1 aromatic heterocycles. The number of amidine groups is 1. The number of carbonyl (C=O) groups is 1. The molecule has 198 valence electrons. The molecule has 5 aromatic rings. The second-order valence-electron chi connectivity index (χ2n) is 9.73.